The molecule has 3 aromatic heterocycles. The van der Waals surface area contributed by atoms with Gasteiger partial charge >= 0.3 is 0 Å². The molecule has 3 heterocycles. The van der Waals surface area contributed by atoms with Gasteiger partial charge in [-0.25, -0.2) is 0 Å². The lowest BCUT2D eigenvalue weighted by molar-refractivity contribution is 0.669. The molecule has 12 rings (SSSR count). The zero-order valence-electron chi connectivity index (χ0n) is 35.2. The molecule has 308 valence electrons. The topological polar surface area (TPSA) is 48.9 Å². The molecule has 0 aliphatic rings. The number of hydrogen-bond acceptors (Lipinski definition) is 6. The molecule has 9 aromatic carbocycles. The van der Waals surface area contributed by atoms with Gasteiger partial charge in [0, 0.05) is 73.8 Å². The zero-order chi connectivity index (χ0) is 43.1. The number of nitrogens with zero attached hydrogens (tertiary/aromatic N) is 4. The minimum absolute atomic E-state index is 0.779. The number of benzene rings is 9. The molecule has 65 heavy (non-hydrogen) atoms. The van der Waals surface area contributed by atoms with Crippen molar-refractivity contribution >= 4 is 95.1 Å². The van der Waals surface area contributed by atoms with Crippen molar-refractivity contribution < 1.29 is 8.83 Å². The molecule has 0 atom stereocenters. The van der Waals surface area contributed by atoms with E-state index in [9.17, 15) is 0 Å². The van der Waals surface area contributed by atoms with E-state index in [1.54, 1.807) is 0 Å². The van der Waals surface area contributed by atoms with Crippen LogP contribution in [-0.4, -0.2) is 4.98 Å². The van der Waals surface area contributed by atoms with Crippen molar-refractivity contribution in [2.24, 2.45) is 0 Å². The summed E-state index contributed by atoms with van der Waals surface area (Å²) in [5, 5.41) is 4.12. The van der Waals surface area contributed by atoms with E-state index in [2.05, 4.69) is 214 Å². The van der Waals surface area contributed by atoms with Crippen molar-refractivity contribution in [1.82, 2.24) is 4.98 Å². The Kier molecular flexibility index (Phi) is 9.38. The van der Waals surface area contributed by atoms with Crippen LogP contribution in [0.1, 0.15) is 0 Å². The van der Waals surface area contributed by atoms with Gasteiger partial charge in [-0.15, -0.1) is 0 Å². The molecule has 6 nitrogen and oxygen atoms in total. The molecule has 6 heteroatoms. The summed E-state index contributed by atoms with van der Waals surface area (Å²) in [4.78, 5) is 11.5. The lowest BCUT2D eigenvalue weighted by atomic mass is 10.0. The largest absolute Gasteiger partial charge is 0.456 e. The second-order valence-electron chi connectivity index (χ2n) is 16.0. The summed E-state index contributed by atoms with van der Waals surface area (Å²) in [7, 11) is 0. The van der Waals surface area contributed by atoms with E-state index in [1.807, 2.05) is 48.7 Å². The van der Waals surface area contributed by atoms with E-state index in [1.165, 1.54) is 0 Å². The van der Waals surface area contributed by atoms with Crippen LogP contribution in [0.25, 0.3) is 55.1 Å². The zero-order valence-corrected chi connectivity index (χ0v) is 35.2. The third-order valence-electron chi connectivity index (χ3n) is 12.1. The lowest BCUT2D eigenvalue weighted by Gasteiger charge is -2.29. The monoisotopic (exact) mass is 836 g/mol. The van der Waals surface area contributed by atoms with Gasteiger partial charge < -0.3 is 23.5 Å². The Hall–Kier alpha value is -8.87. The summed E-state index contributed by atoms with van der Waals surface area (Å²) in [6.07, 6.45) is 1.83. The van der Waals surface area contributed by atoms with Crippen LogP contribution in [0, 0.1) is 0 Å². The molecule has 0 fully saturated rings. The van der Waals surface area contributed by atoms with E-state index in [0.717, 1.165) is 106 Å². The predicted molar refractivity (Wildman–Crippen MR) is 268 cm³/mol. The maximum absolute atomic E-state index is 6.97. The maximum atomic E-state index is 6.97. The fraction of sp³-hybridized carbons (Fsp3) is 0. The lowest BCUT2D eigenvalue weighted by Crippen LogP contribution is -2.13. The van der Waals surface area contributed by atoms with Crippen LogP contribution in [0.4, 0.5) is 51.2 Å². The normalized spacial score (nSPS) is 11.4. The molecule has 0 aliphatic carbocycles. The molecule has 0 aliphatic heterocycles. The highest BCUT2D eigenvalue weighted by Gasteiger charge is 2.26. The molecule has 0 N–H and O–H groups in total. The van der Waals surface area contributed by atoms with Crippen LogP contribution in [-0.2, 0) is 0 Å². The quantitative estimate of drug-likeness (QED) is 0.137. The number of fused-ring (bicyclic) bond motifs is 6. The average Bonchev–Trinajstić information content (AvgIpc) is 3.95. The Morgan fingerprint density at radius 3 is 1.46 bits per heavy atom. The first-order valence-corrected chi connectivity index (χ1v) is 21.8. The van der Waals surface area contributed by atoms with Crippen molar-refractivity contribution in [3.8, 4) is 11.3 Å². The Bertz CT molecular complexity index is 3550. The van der Waals surface area contributed by atoms with Crippen LogP contribution in [0.15, 0.2) is 252 Å². The summed E-state index contributed by atoms with van der Waals surface area (Å²) < 4.78 is 13.7. The van der Waals surface area contributed by atoms with E-state index in [4.69, 9.17) is 8.83 Å². The molecule has 0 bridgehead atoms. The van der Waals surface area contributed by atoms with Crippen molar-refractivity contribution in [2.45, 2.75) is 0 Å². The number of furan rings is 2. The predicted octanol–water partition coefficient (Wildman–Crippen LogP) is 17.0. The molecule has 0 amide bonds. The first-order valence-electron chi connectivity index (χ1n) is 21.8. The van der Waals surface area contributed by atoms with Crippen LogP contribution in [0.3, 0.4) is 0 Å². The number of hydrogen-bond donors (Lipinski definition) is 0. The number of anilines is 9. The minimum atomic E-state index is 0.779. The second-order valence-corrected chi connectivity index (χ2v) is 16.0. The molecule has 0 spiro atoms. The van der Waals surface area contributed by atoms with E-state index >= 15 is 0 Å². The first kappa shape index (κ1) is 37.9. The third-order valence-corrected chi connectivity index (χ3v) is 12.1. The first-order chi connectivity index (χ1) is 32.2. The Labute approximate surface area is 376 Å². The highest BCUT2D eigenvalue weighted by molar-refractivity contribution is 6.18. The van der Waals surface area contributed by atoms with Gasteiger partial charge in [-0.1, -0.05) is 109 Å². The summed E-state index contributed by atoms with van der Waals surface area (Å²) in [5.74, 6) is 0. The summed E-state index contributed by atoms with van der Waals surface area (Å²) >= 11 is 0. The van der Waals surface area contributed by atoms with E-state index < -0.39 is 0 Å². The van der Waals surface area contributed by atoms with Crippen molar-refractivity contribution in [3.63, 3.8) is 0 Å². The number of para-hydroxylation sites is 5. The highest BCUT2D eigenvalue weighted by atomic mass is 16.3. The summed E-state index contributed by atoms with van der Waals surface area (Å²) in [6.45, 7) is 0. The second kappa shape index (κ2) is 16.1. The van der Waals surface area contributed by atoms with Gasteiger partial charge in [0.05, 0.1) is 22.5 Å². The van der Waals surface area contributed by atoms with Gasteiger partial charge in [0.15, 0.2) is 5.58 Å². The number of pyridine rings is 1. The fourth-order valence-corrected chi connectivity index (χ4v) is 9.12. The van der Waals surface area contributed by atoms with Gasteiger partial charge in [-0.2, -0.15) is 0 Å². The standard InChI is InChI=1S/C59H40N4O2/c1-5-17-42(18-6-1)61(43-19-7-2-8-20-43)47-33-37-56-51(39-47)49-34-32-48(40-57(49)64-56)63(45-23-11-4-12-24-45)53-35-36-54(59-58(53)50-25-13-14-27-55(50)65-59)62(44-21-9-3-10-22-44)46-30-28-41(29-31-46)52-26-15-16-38-60-52/h1-40H. The van der Waals surface area contributed by atoms with Crippen LogP contribution < -0.4 is 14.7 Å². The number of rotatable bonds is 10. The van der Waals surface area contributed by atoms with Gasteiger partial charge in [-0.05, 0) is 121 Å². The smallest absolute Gasteiger partial charge is 0.161 e. The maximum Gasteiger partial charge on any atom is 0.161 e. The van der Waals surface area contributed by atoms with E-state index in [0.29, 0.717) is 0 Å². The fourth-order valence-electron chi connectivity index (χ4n) is 9.12. The van der Waals surface area contributed by atoms with Crippen LogP contribution >= 0.6 is 0 Å². The molecule has 0 unspecified atom stereocenters. The third kappa shape index (κ3) is 6.81. The van der Waals surface area contributed by atoms with Gasteiger partial charge in [0.2, 0.25) is 0 Å². The Morgan fingerprint density at radius 1 is 0.308 bits per heavy atom. The average molecular weight is 837 g/mol. The molecule has 12 aromatic rings. The molecule has 0 saturated carbocycles. The van der Waals surface area contributed by atoms with Gasteiger partial charge in [-0.3, -0.25) is 4.98 Å². The molecule has 0 radical (unpaired) electrons. The van der Waals surface area contributed by atoms with Crippen molar-refractivity contribution in [3.05, 3.63) is 243 Å². The number of aromatic nitrogens is 1. The van der Waals surface area contributed by atoms with Crippen LogP contribution in [0.5, 0.6) is 0 Å². The minimum Gasteiger partial charge on any atom is -0.456 e. The molecule has 0 saturated heterocycles. The SMILES string of the molecule is c1ccc(N(c2ccccc2)c2ccc3oc4cc(N(c5ccccc5)c5ccc(N(c6ccccc6)c6ccc(-c7ccccn7)cc6)c6oc7ccccc7c56)ccc4c3c2)cc1. The van der Waals surface area contributed by atoms with Crippen molar-refractivity contribution in [2.75, 3.05) is 14.7 Å². The van der Waals surface area contributed by atoms with Gasteiger partial charge in [0.1, 0.15) is 16.7 Å². The van der Waals surface area contributed by atoms with Crippen LogP contribution in [0.2, 0.25) is 0 Å². The summed E-state index contributed by atoms with van der Waals surface area (Å²) in [6, 6.07) is 82.3. The molecular weight excluding hydrogens is 797 g/mol. The highest BCUT2D eigenvalue weighted by Crippen LogP contribution is 2.49. The van der Waals surface area contributed by atoms with Crippen molar-refractivity contribution in [1.29, 1.82) is 0 Å². The molecular formula is C59H40N4O2. The Morgan fingerprint density at radius 2 is 0.815 bits per heavy atom. The van der Waals surface area contributed by atoms with E-state index in [-0.39, 0.29) is 0 Å². The van der Waals surface area contributed by atoms with Gasteiger partial charge in [0.25, 0.3) is 0 Å². The Balaban J connectivity index is 1.02. The summed E-state index contributed by atoms with van der Waals surface area (Å²) in [5.41, 5.74) is 14.3.